The Morgan fingerprint density at radius 3 is 2.71 bits per heavy atom. The summed E-state index contributed by atoms with van der Waals surface area (Å²) in [5.74, 6) is -0.219. The van der Waals surface area contributed by atoms with Gasteiger partial charge in [0.1, 0.15) is 5.82 Å². The monoisotopic (exact) mass is 193 g/mol. The predicted molar refractivity (Wildman–Crippen MR) is 53.7 cm³/mol. The zero-order valence-corrected chi connectivity index (χ0v) is 8.19. The van der Waals surface area contributed by atoms with Gasteiger partial charge in [0.2, 0.25) is 0 Å². The van der Waals surface area contributed by atoms with Gasteiger partial charge in [-0.25, -0.2) is 4.39 Å². The maximum Gasteiger partial charge on any atom is 0.128 e. The number of aromatic amines is 1. The maximum absolute atomic E-state index is 13.2. The molecule has 0 unspecified atom stereocenters. The first-order valence-electron chi connectivity index (χ1n) is 4.52. The maximum atomic E-state index is 13.2. The molecule has 0 atom stereocenters. The van der Waals surface area contributed by atoms with Gasteiger partial charge in [0.15, 0.2) is 0 Å². The molecule has 0 saturated carbocycles. The first-order valence-corrected chi connectivity index (χ1v) is 4.52. The quantitative estimate of drug-likeness (QED) is 0.716. The summed E-state index contributed by atoms with van der Waals surface area (Å²) in [4.78, 5) is 3.09. The molecule has 0 radical (unpaired) electrons. The lowest BCUT2D eigenvalue weighted by atomic mass is 10.1. The fourth-order valence-corrected chi connectivity index (χ4v) is 1.77. The first-order chi connectivity index (χ1) is 6.65. The molecule has 1 aromatic heterocycles. The van der Waals surface area contributed by atoms with Crippen LogP contribution in [0.2, 0.25) is 0 Å². The van der Waals surface area contributed by atoms with Gasteiger partial charge in [-0.05, 0) is 26.0 Å². The van der Waals surface area contributed by atoms with E-state index in [-0.39, 0.29) is 12.4 Å². The summed E-state index contributed by atoms with van der Waals surface area (Å²) in [7, 11) is 0. The van der Waals surface area contributed by atoms with E-state index in [1.165, 1.54) is 6.07 Å². The second-order valence-corrected chi connectivity index (χ2v) is 3.48. The molecule has 0 aliphatic rings. The molecule has 0 bridgehead atoms. The standard InChI is InChI=1S/C11H12FNO/c1-6-10(12)4-3-8-9(5-14)7(2)13-11(6)8/h3-4,13-14H,5H2,1-2H3. The molecule has 74 valence electrons. The van der Waals surface area contributed by atoms with E-state index in [9.17, 15) is 4.39 Å². The second kappa shape index (κ2) is 3.10. The van der Waals surface area contributed by atoms with Gasteiger partial charge in [0, 0.05) is 22.2 Å². The van der Waals surface area contributed by atoms with Crippen molar-refractivity contribution < 1.29 is 9.50 Å². The molecular weight excluding hydrogens is 181 g/mol. The number of nitrogens with one attached hydrogen (secondary N) is 1. The van der Waals surface area contributed by atoms with Crippen molar-refractivity contribution in [3.05, 3.63) is 34.8 Å². The van der Waals surface area contributed by atoms with E-state index >= 15 is 0 Å². The highest BCUT2D eigenvalue weighted by atomic mass is 19.1. The molecule has 0 fully saturated rings. The molecule has 14 heavy (non-hydrogen) atoms. The fourth-order valence-electron chi connectivity index (χ4n) is 1.77. The van der Waals surface area contributed by atoms with Crippen LogP contribution in [0.5, 0.6) is 0 Å². The van der Waals surface area contributed by atoms with E-state index < -0.39 is 0 Å². The van der Waals surface area contributed by atoms with Crippen molar-refractivity contribution in [1.29, 1.82) is 0 Å². The van der Waals surface area contributed by atoms with Gasteiger partial charge in [0.05, 0.1) is 12.1 Å². The second-order valence-electron chi connectivity index (χ2n) is 3.48. The van der Waals surface area contributed by atoms with E-state index in [0.717, 1.165) is 22.2 Å². The Morgan fingerprint density at radius 2 is 2.07 bits per heavy atom. The molecule has 0 spiro atoms. The average molecular weight is 193 g/mol. The summed E-state index contributed by atoms with van der Waals surface area (Å²) < 4.78 is 13.2. The molecule has 0 aliphatic heterocycles. The highest BCUT2D eigenvalue weighted by molar-refractivity contribution is 5.87. The average Bonchev–Trinajstić information content (AvgIpc) is 2.49. The lowest BCUT2D eigenvalue weighted by Gasteiger charge is -1.98. The minimum Gasteiger partial charge on any atom is -0.392 e. The van der Waals surface area contributed by atoms with Crippen molar-refractivity contribution in [1.82, 2.24) is 4.98 Å². The van der Waals surface area contributed by atoms with Gasteiger partial charge in [-0.15, -0.1) is 0 Å². The summed E-state index contributed by atoms with van der Waals surface area (Å²) in [6.45, 7) is 3.59. The number of halogens is 1. The molecule has 1 heterocycles. The Labute approximate surface area is 81.4 Å². The van der Waals surface area contributed by atoms with Gasteiger partial charge >= 0.3 is 0 Å². The van der Waals surface area contributed by atoms with Crippen molar-refractivity contribution >= 4 is 10.9 Å². The van der Waals surface area contributed by atoms with Crippen molar-refractivity contribution in [2.45, 2.75) is 20.5 Å². The van der Waals surface area contributed by atoms with E-state index in [1.54, 1.807) is 13.0 Å². The summed E-state index contributed by atoms with van der Waals surface area (Å²) in [6, 6.07) is 3.14. The number of fused-ring (bicyclic) bond motifs is 1. The van der Waals surface area contributed by atoms with E-state index in [0.29, 0.717) is 5.56 Å². The first kappa shape index (κ1) is 9.21. The van der Waals surface area contributed by atoms with E-state index in [4.69, 9.17) is 5.11 Å². The van der Waals surface area contributed by atoms with Crippen LogP contribution in [0, 0.1) is 19.7 Å². The third-order valence-electron chi connectivity index (χ3n) is 2.65. The zero-order chi connectivity index (χ0) is 10.3. The molecule has 3 heteroatoms. The molecule has 2 aromatic rings. The number of rotatable bonds is 1. The van der Waals surface area contributed by atoms with Gasteiger partial charge in [0.25, 0.3) is 0 Å². The fraction of sp³-hybridized carbons (Fsp3) is 0.273. The Morgan fingerprint density at radius 1 is 1.36 bits per heavy atom. The Kier molecular flexibility index (Phi) is 2.04. The van der Waals surface area contributed by atoms with Crippen molar-refractivity contribution in [3.63, 3.8) is 0 Å². The zero-order valence-electron chi connectivity index (χ0n) is 8.19. The van der Waals surface area contributed by atoms with Crippen LogP contribution in [0.15, 0.2) is 12.1 Å². The Hall–Kier alpha value is -1.35. The molecule has 1 aromatic carbocycles. The van der Waals surface area contributed by atoms with Gasteiger partial charge in [-0.1, -0.05) is 0 Å². The highest BCUT2D eigenvalue weighted by Gasteiger charge is 2.10. The largest absolute Gasteiger partial charge is 0.392 e. The van der Waals surface area contributed by atoms with Gasteiger partial charge in [-0.2, -0.15) is 0 Å². The molecule has 0 aliphatic carbocycles. The number of aromatic nitrogens is 1. The van der Waals surface area contributed by atoms with Crippen LogP contribution in [-0.2, 0) is 6.61 Å². The molecule has 2 nitrogen and oxygen atoms in total. The number of aliphatic hydroxyl groups excluding tert-OH is 1. The normalized spacial score (nSPS) is 11.1. The summed E-state index contributed by atoms with van der Waals surface area (Å²) in [5.41, 5.74) is 3.14. The van der Waals surface area contributed by atoms with Crippen molar-refractivity contribution in [3.8, 4) is 0 Å². The highest BCUT2D eigenvalue weighted by Crippen LogP contribution is 2.26. The van der Waals surface area contributed by atoms with Crippen LogP contribution in [-0.4, -0.2) is 10.1 Å². The van der Waals surface area contributed by atoms with Crippen LogP contribution < -0.4 is 0 Å². The number of hydrogen-bond acceptors (Lipinski definition) is 1. The number of aliphatic hydroxyl groups is 1. The number of H-pyrrole nitrogens is 1. The third kappa shape index (κ3) is 1.13. The van der Waals surface area contributed by atoms with Crippen LogP contribution in [0.3, 0.4) is 0 Å². The predicted octanol–water partition coefficient (Wildman–Crippen LogP) is 2.42. The summed E-state index contributed by atoms with van der Waals surface area (Å²) in [5, 5.41) is 10.1. The van der Waals surface area contributed by atoms with Crippen molar-refractivity contribution in [2.75, 3.05) is 0 Å². The lowest BCUT2D eigenvalue weighted by Crippen LogP contribution is -1.85. The summed E-state index contributed by atoms with van der Waals surface area (Å²) in [6.07, 6.45) is 0. The smallest absolute Gasteiger partial charge is 0.128 e. The molecule has 0 amide bonds. The number of hydrogen-bond donors (Lipinski definition) is 2. The Bertz CT molecular complexity index is 487. The topological polar surface area (TPSA) is 36.0 Å². The summed E-state index contributed by atoms with van der Waals surface area (Å²) >= 11 is 0. The molecule has 2 N–H and O–H groups in total. The van der Waals surface area contributed by atoms with Crippen LogP contribution in [0.1, 0.15) is 16.8 Å². The van der Waals surface area contributed by atoms with Gasteiger partial charge in [-0.3, -0.25) is 0 Å². The van der Waals surface area contributed by atoms with Crippen LogP contribution in [0.25, 0.3) is 10.9 Å². The minimum absolute atomic E-state index is 0.0170. The molecule has 2 rings (SSSR count). The van der Waals surface area contributed by atoms with Crippen LogP contribution in [0.4, 0.5) is 4.39 Å². The van der Waals surface area contributed by atoms with E-state index in [2.05, 4.69) is 4.98 Å². The SMILES string of the molecule is Cc1[nH]c2c(C)c(F)ccc2c1CO. The molecule has 0 saturated heterocycles. The van der Waals surface area contributed by atoms with Gasteiger partial charge < -0.3 is 10.1 Å². The van der Waals surface area contributed by atoms with Crippen molar-refractivity contribution in [2.24, 2.45) is 0 Å². The third-order valence-corrected chi connectivity index (χ3v) is 2.65. The number of benzene rings is 1. The van der Waals surface area contributed by atoms with E-state index in [1.807, 2.05) is 6.92 Å². The van der Waals surface area contributed by atoms with Crippen LogP contribution >= 0.6 is 0 Å². The lowest BCUT2D eigenvalue weighted by molar-refractivity contribution is 0.282. The minimum atomic E-state index is -0.219. The molecular formula is C11H12FNO. The number of aryl methyl sites for hydroxylation is 2. The Balaban J connectivity index is 2.87.